The fourth-order valence-electron chi connectivity index (χ4n) is 1.06. The van der Waals surface area contributed by atoms with E-state index < -0.39 is 17.3 Å². The van der Waals surface area contributed by atoms with Crippen molar-refractivity contribution in [1.29, 1.82) is 0 Å². The lowest BCUT2D eigenvalue weighted by atomic mass is 10.1. The quantitative estimate of drug-likeness (QED) is 0.501. The molecular formula is C9H10O3. The Balaban J connectivity index is 2.75. The summed E-state index contributed by atoms with van der Waals surface area (Å²) in [5.74, 6) is -2.10. The van der Waals surface area contributed by atoms with Gasteiger partial charge in [0, 0.05) is 6.42 Å². The molecule has 0 spiro atoms. The van der Waals surface area contributed by atoms with E-state index in [2.05, 4.69) is 0 Å². The van der Waals surface area contributed by atoms with Crippen molar-refractivity contribution in [3.05, 3.63) is 12.2 Å². The van der Waals surface area contributed by atoms with Gasteiger partial charge in [0.05, 0.1) is 0 Å². The Morgan fingerprint density at radius 3 is 2.58 bits per heavy atom. The summed E-state index contributed by atoms with van der Waals surface area (Å²) in [4.78, 5) is 32.7. The maximum atomic E-state index is 10.9. The van der Waals surface area contributed by atoms with Gasteiger partial charge in [0.1, 0.15) is 0 Å². The molecular weight excluding hydrogens is 156 g/mol. The highest BCUT2D eigenvalue weighted by atomic mass is 16.2. The van der Waals surface area contributed by atoms with Gasteiger partial charge >= 0.3 is 0 Å². The van der Waals surface area contributed by atoms with E-state index in [9.17, 15) is 14.4 Å². The Bertz CT molecular complexity index is 250. The van der Waals surface area contributed by atoms with Crippen LogP contribution in [-0.2, 0) is 14.4 Å². The SMILES string of the molecule is O=C1/C=C/CCCCC(=O)C1=O. The molecule has 0 aromatic carbocycles. The van der Waals surface area contributed by atoms with Gasteiger partial charge < -0.3 is 0 Å². The third kappa shape index (κ3) is 2.12. The maximum Gasteiger partial charge on any atom is 0.268 e. The summed E-state index contributed by atoms with van der Waals surface area (Å²) in [5, 5.41) is 0. The van der Waals surface area contributed by atoms with Gasteiger partial charge in [0.15, 0.2) is 0 Å². The molecule has 0 N–H and O–H groups in total. The molecule has 0 aromatic rings. The second-order valence-electron chi connectivity index (χ2n) is 2.76. The summed E-state index contributed by atoms with van der Waals surface area (Å²) in [6.45, 7) is 0. The number of carbonyl (C=O) groups excluding carboxylic acids is 3. The lowest BCUT2D eigenvalue weighted by Crippen LogP contribution is -2.21. The van der Waals surface area contributed by atoms with Gasteiger partial charge in [-0.2, -0.15) is 0 Å². The predicted octanol–water partition coefficient (Wildman–Crippen LogP) is 0.824. The van der Waals surface area contributed by atoms with Crippen molar-refractivity contribution in [2.24, 2.45) is 0 Å². The highest BCUT2D eigenvalue weighted by Gasteiger charge is 2.19. The van der Waals surface area contributed by atoms with Crippen LogP contribution in [0, 0.1) is 0 Å². The topological polar surface area (TPSA) is 51.2 Å². The summed E-state index contributed by atoms with van der Waals surface area (Å²) in [5.41, 5.74) is 0. The number of allylic oxidation sites excluding steroid dienone is 2. The van der Waals surface area contributed by atoms with Crippen LogP contribution in [0.1, 0.15) is 25.7 Å². The summed E-state index contributed by atoms with van der Waals surface area (Å²) >= 11 is 0. The van der Waals surface area contributed by atoms with E-state index in [4.69, 9.17) is 0 Å². The molecule has 0 saturated carbocycles. The van der Waals surface area contributed by atoms with Crippen LogP contribution < -0.4 is 0 Å². The summed E-state index contributed by atoms with van der Waals surface area (Å²) in [6, 6.07) is 0. The van der Waals surface area contributed by atoms with Gasteiger partial charge in [0.25, 0.3) is 5.78 Å². The molecule has 0 saturated heterocycles. The molecule has 0 aliphatic heterocycles. The van der Waals surface area contributed by atoms with E-state index in [-0.39, 0.29) is 6.42 Å². The number of Topliss-reactive ketones (excluding diaryl/α,β-unsaturated/α-hetero) is 2. The highest BCUT2D eigenvalue weighted by Crippen LogP contribution is 2.05. The number of hydrogen-bond donors (Lipinski definition) is 0. The molecule has 0 aromatic heterocycles. The third-order valence-corrected chi connectivity index (χ3v) is 1.77. The second kappa shape index (κ2) is 3.95. The van der Waals surface area contributed by atoms with Crippen LogP contribution in [0.4, 0.5) is 0 Å². The van der Waals surface area contributed by atoms with E-state index in [1.54, 1.807) is 6.08 Å². The van der Waals surface area contributed by atoms with Gasteiger partial charge in [-0.3, -0.25) is 14.4 Å². The van der Waals surface area contributed by atoms with Crippen LogP contribution in [0.5, 0.6) is 0 Å². The highest BCUT2D eigenvalue weighted by molar-refractivity contribution is 6.66. The molecule has 0 unspecified atom stereocenters. The minimum Gasteiger partial charge on any atom is -0.290 e. The average Bonchev–Trinajstić information content (AvgIpc) is 2.12. The third-order valence-electron chi connectivity index (χ3n) is 1.77. The molecule has 0 heterocycles. The van der Waals surface area contributed by atoms with Crippen molar-refractivity contribution in [1.82, 2.24) is 0 Å². The van der Waals surface area contributed by atoms with E-state index in [0.29, 0.717) is 6.42 Å². The van der Waals surface area contributed by atoms with E-state index in [1.165, 1.54) is 6.08 Å². The molecule has 1 aliphatic carbocycles. The molecule has 12 heavy (non-hydrogen) atoms. The molecule has 64 valence electrons. The van der Waals surface area contributed by atoms with Crippen LogP contribution in [-0.4, -0.2) is 17.3 Å². The molecule has 3 heteroatoms. The van der Waals surface area contributed by atoms with Gasteiger partial charge in [-0.15, -0.1) is 0 Å². The Labute approximate surface area is 70.4 Å². The van der Waals surface area contributed by atoms with Crippen LogP contribution in [0.15, 0.2) is 12.2 Å². The van der Waals surface area contributed by atoms with E-state index in [1.807, 2.05) is 0 Å². The zero-order chi connectivity index (χ0) is 8.97. The molecule has 0 atom stereocenters. The van der Waals surface area contributed by atoms with Crippen LogP contribution in [0.25, 0.3) is 0 Å². The first-order valence-corrected chi connectivity index (χ1v) is 4.00. The largest absolute Gasteiger partial charge is 0.290 e. The van der Waals surface area contributed by atoms with Gasteiger partial charge in [0.2, 0.25) is 11.6 Å². The molecule has 1 aliphatic rings. The van der Waals surface area contributed by atoms with Crippen LogP contribution >= 0.6 is 0 Å². The molecule has 3 nitrogen and oxygen atoms in total. The molecule has 0 radical (unpaired) electrons. The zero-order valence-electron chi connectivity index (χ0n) is 6.71. The summed E-state index contributed by atoms with van der Waals surface area (Å²) in [6.07, 6.45) is 5.40. The average molecular weight is 166 g/mol. The first-order chi connectivity index (χ1) is 5.72. The summed E-state index contributed by atoms with van der Waals surface area (Å²) in [7, 11) is 0. The monoisotopic (exact) mass is 166 g/mol. The molecule has 0 amide bonds. The first kappa shape index (κ1) is 8.84. The number of hydrogen-bond acceptors (Lipinski definition) is 3. The minimum absolute atomic E-state index is 0.215. The number of rotatable bonds is 0. The van der Waals surface area contributed by atoms with Crippen molar-refractivity contribution in [3.63, 3.8) is 0 Å². The standard InChI is InChI=1S/C9H10O3/c10-7-5-3-1-2-4-6-8(11)9(7)12/h3,5H,1-2,4,6H2/b5-3+. The smallest absolute Gasteiger partial charge is 0.268 e. The van der Waals surface area contributed by atoms with E-state index >= 15 is 0 Å². The Kier molecular flexibility index (Phi) is 2.91. The van der Waals surface area contributed by atoms with Crippen molar-refractivity contribution in [2.75, 3.05) is 0 Å². The van der Waals surface area contributed by atoms with Crippen LogP contribution in [0.3, 0.4) is 0 Å². The van der Waals surface area contributed by atoms with Gasteiger partial charge in [-0.25, -0.2) is 0 Å². The Morgan fingerprint density at radius 2 is 1.83 bits per heavy atom. The molecule has 0 fully saturated rings. The molecule has 0 bridgehead atoms. The fraction of sp³-hybridized carbons (Fsp3) is 0.444. The number of carbonyl (C=O) groups is 3. The Morgan fingerprint density at radius 1 is 1.08 bits per heavy atom. The first-order valence-electron chi connectivity index (χ1n) is 4.00. The van der Waals surface area contributed by atoms with Crippen molar-refractivity contribution in [3.8, 4) is 0 Å². The normalized spacial score (nSPS) is 22.8. The van der Waals surface area contributed by atoms with Crippen molar-refractivity contribution < 1.29 is 14.4 Å². The van der Waals surface area contributed by atoms with Crippen LogP contribution in [0.2, 0.25) is 0 Å². The lowest BCUT2D eigenvalue weighted by molar-refractivity contribution is -0.142. The Hall–Kier alpha value is -1.25. The van der Waals surface area contributed by atoms with Gasteiger partial charge in [-0.05, 0) is 25.3 Å². The maximum absolute atomic E-state index is 10.9. The lowest BCUT2D eigenvalue weighted by Gasteiger charge is -1.93. The minimum atomic E-state index is -0.867. The second-order valence-corrected chi connectivity index (χ2v) is 2.76. The van der Waals surface area contributed by atoms with Crippen molar-refractivity contribution in [2.45, 2.75) is 25.7 Å². The summed E-state index contributed by atoms with van der Waals surface area (Å²) < 4.78 is 0. The molecule has 1 rings (SSSR count). The predicted molar refractivity (Wildman–Crippen MR) is 42.6 cm³/mol. The zero-order valence-corrected chi connectivity index (χ0v) is 6.71. The van der Waals surface area contributed by atoms with E-state index in [0.717, 1.165) is 12.8 Å². The number of ketones is 3. The fourth-order valence-corrected chi connectivity index (χ4v) is 1.06. The van der Waals surface area contributed by atoms with Gasteiger partial charge in [-0.1, -0.05) is 6.08 Å². The van der Waals surface area contributed by atoms with Crippen molar-refractivity contribution >= 4 is 17.3 Å².